The van der Waals surface area contributed by atoms with Crippen LogP contribution in [0.1, 0.15) is 72.0 Å². The maximum Gasteiger partial charge on any atom is 0.185 e. The minimum Gasteiger partial charge on any atom is -0.496 e. The molecule has 2 fully saturated rings. The van der Waals surface area contributed by atoms with E-state index in [-0.39, 0.29) is 23.1 Å². The molecule has 0 radical (unpaired) electrons. The lowest BCUT2D eigenvalue weighted by molar-refractivity contribution is -0.0226. The molecule has 168 valence electrons. The molecule has 5 atom stereocenters. The van der Waals surface area contributed by atoms with Crippen LogP contribution in [0.4, 0.5) is 4.39 Å². The largest absolute Gasteiger partial charge is 0.496 e. The van der Waals surface area contributed by atoms with Gasteiger partial charge in [-0.3, -0.25) is 4.79 Å². The summed E-state index contributed by atoms with van der Waals surface area (Å²) >= 11 is 0. The first kappa shape index (κ1) is 21.4. The molecular formula is C28H31FO3. The van der Waals surface area contributed by atoms with Crippen LogP contribution in [0.5, 0.6) is 5.75 Å². The van der Waals surface area contributed by atoms with E-state index >= 15 is 0 Å². The minimum atomic E-state index is -0.352. The predicted molar refractivity (Wildman–Crippen MR) is 123 cm³/mol. The molecule has 3 aliphatic carbocycles. The maximum absolute atomic E-state index is 13.2. The summed E-state index contributed by atoms with van der Waals surface area (Å²) in [6, 6.07) is 9.98. The molecule has 2 aromatic rings. The van der Waals surface area contributed by atoms with Crippen LogP contribution in [0.25, 0.3) is 6.08 Å². The van der Waals surface area contributed by atoms with E-state index in [1.54, 1.807) is 13.2 Å². The summed E-state index contributed by atoms with van der Waals surface area (Å²) in [6.07, 6.45) is 9.64. The molecule has 0 spiro atoms. The Morgan fingerprint density at radius 2 is 1.94 bits per heavy atom. The number of methoxy groups -OCH3 is 1. The van der Waals surface area contributed by atoms with Crippen molar-refractivity contribution in [2.24, 2.45) is 17.3 Å². The summed E-state index contributed by atoms with van der Waals surface area (Å²) in [5.41, 5.74) is 4.18. The highest BCUT2D eigenvalue weighted by Gasteiger charge is 2.54. The molecule has 0 aliphatic heterocycles. The molecule has 3 unspecified atom stereocenters. The minimum absolute atomic E-state index is 0.0649. The fourth-order valence-corrected chi connectivity index (χ4v) is 6.77. The number of rotatable bonds is 4. The number of ketones is 1. The number of carbonyl (C=O) groups excluding carboxylic acids is 1. The van der Waals surface area contributed by atoms with Crippen molar-refractivity contribution in [3.63, 3.8) is 0 Å². The monoisotopic (exact) mass is 434 g/mol. The second kappa shape index (κ2) is 8.15. The molecule has 3 nitrogen and oxygen atoms in total. The fraction of sp³-hybridized carbons (Fsp3) is 0.464. The Balaban J connectivity index is 1.45. The van der Waals surface area contributed by atoms with Crippen molar-refractivity contribution in [2.45, 2.75) is 57.5 Å². The molecule has 0 heterocycles. The fourth-order valence-electron chi connectivity index (χ4n) is 6.77. The van der Waals surface area contributed by atoms with E-state index in [9.17, 15) is 14.3 Å². The van der Waals surface area contributed by atoms with Gasteiger partial charge < -0.3 is 9.84 Å². The number of fused-ring (bicyclic) bond motifs is 5. The van der Waals surface area contributed by atoms with Crippen molar-refractivity contribution in [3.05, 3.63) is 70.5 Å². The number of halogens is 1. The van der Waals surface area contributed by atoms with Gasteiger partial charge in [-0.2, -0.15) is 0 Å². The number of hydrogen-bond acceptors (Lipinski definition) is 3. The van der Waals surface area contributed by atoms with Gasteiger partial charge in [0, 0.05) is 11.1 Å². The third-order valence-electron chi connectivity index (χ3n) is 8.57. The number of aryl methyl sites for hydroxylation is 1. The molecule has 2 saturated carbocycles. The van der Waals surface area contributed by atoms with Gasteiger partial charge in [-0.15, -0.1) is 0 Å². The van der Waals surface area contributed by atoms with Gasteiger partial charge in [0.15, 0.2) is 5.78 Å². The van der Waals surface area contributed by atoms with Gasteiger partial charge in [0.05, 0.1) is 13.2 Å². The number of aliphatic hydroxyl groups is 1. The summed E-state index contributed by atoms with van der Waals surface area (Å²) in [4.78, 5) is 12.6. The van der Waals surface area contributed by atoms with Crippen LogP contribution in [0.15, 0.2) is 42.5 Å². The third kappa shape index (κ3) is 3.49. The van der Waals surface area contributed by atoms with Crippen LogP contribution in [0, 0.1) is 23.1 Å². The first-order valence-corrected chi connectivity index (χ1v) is 11.8. The van der Waals surface area contributed by atoms with Crippen LogP contribution in [-0.4, -0.2) is 24.1 Å². The Bertz CT molecular complexity index is 1060. The van der Waals surface area contributed by atoms with Crippen molar-refractivity contribution in [2.75, 3.05) is 7.11 Å². The lowest BCUT2D eigenvalue weighted by Crippen LogP contribution is -2.43. The number of allylic oxidation sites excluding steroid dienone is 1. The lowest BCUT2D eigenvalue weighted by Gasteiger charge is -2.50. The normalized spacial score (nSPS) is 31.1. The Hall–Kier alpha value is -2.46. The molecule has 0 amide bonds. The van der Waals surface area contributed by atoms with Crippen molar-refractivity contribution in [1.29, 1.82) is 0 Å². The lowest BCUT2D eigenvalue weighted by atomic mass is 9.55. The van der Waals surface area contributed by atoms with Crippen molar-refractivity contribution >= 4 is 11.9 Å². The summed E-state index contributed by atoms with van der Waals surface area (Å²) in [5.74, 6) is 1.98. The van der Waals surface area contributed by atoms with Gasteiger partial charge in [0.1, 0.15) is 11.6 Å². The highest BCUT2D eigenvalue weighted by atomic mass is 19.1. The molecule has 4 heteroatoms. The summed E-state index contributed by atoms with van der Waals surface area (Å²) in [5, 5.41) is 10.6. The van der Waals surface area contributed by atoms with E-state index in [2.05, 4.69) is 19.1 Å². The van der Waals surface area contributed by atoms with Crippen molar-refractivity contribution in [1.82, 2.24) is 0 Å². The van der Waals surface area contributed by atoms with Crippen LogP contribution < -0.4 is 4.74 Å². The van der Waals surface area contributed by atoms with Gasteiger partial charge in [0.25, 0.3) is 0 Å². The highest BCUT2D eigenvalue weighted by molar-refractivity contribution is 6.06. The average molecular weight is 435 g/mol. The second-order valence-electron chi connectivity index (χ2n) is 10.1. The van der Waals surface area contributed by atoms with Gasteiger partial charge in [-0.05, 0) is 121 Å². The molecule has 0 saturated heterocycles. The number of carbonyl (C=O) groups is 1. The van der Waals surface area contributed by atoms with Gasteiger partial charge in [0.2, 0.25) is 0 Å². The predicted octanol–water partition coefficient (Wildman–Crippen LogP) is 5.95. The Morgan fingerprint density at radius 1 is 1.16 bits per heavy atom. The van der Waals surface area contributed by atoms with Crippen molar-refractivity contribution in [3.8, 4) is 5.75 Å². The maximum atomic E-state index is 13.2. The SMILES string of the molecule is COc1cc2c(cc1/C=C/C(=O)c1ccc(F)cc1)C1CC[C@@]3(C)C(CC[C@@H]3O)C1CC2. The van der Waals surface area contributed by atoms with Crippen molar-refractivity contribution < 1.29 is 19.0 Å². The molecule has 0 aromatic heterocycles. The molecule has 3 aliphatic rings. The summed E-state index contributed by atoms with van der Waals surface area (Å²) in [6.45, 7) is 2.30. The van der Waals surface area contributed by atoms with E-state index in [1.165, 1.54) is 41.8 Å². The molecule has 5 rings (SSSR count). The molecule has 32 heavy (non-hydrogen) atoms. The quantitative estimate of drug-likeness (QED) is 0.478. The number of benzene rings is 2. The molecule has 0 bridgehead atoms. The average Bonchev–Trinajstić information content (AvgIpc) is 3.11. The Morgan fingerprint density at radius 3 is 2.69 bits per heavy atom. The topological polar surface area (TPSA) is 46.5 Å². The zero-order valence-electron chi connectivity index (χ0n) is 18.8. The molecule has 2 aromatic carbocycles. The zero-order valence-corrected chi connectivity index (χ0v) is 18.8. The van der Waals surface area contributed by atoms with E-state index in [4.69, 9.17) is 4.74 Å². The first-order chi connectivity index (χ1) is 15.4. The zero-order chi connectivity index (χ0) is 22.5. The van der Waals surface area contributed by atoms with Gasteiger partial charge in [-0.1, -0.05) is 6.92 Å². The summed E-state index contributed by atoms with van der Waals surface area (Å²) in [7, 11) is 1.67. The Kier molecular flexibility index (Phi) is 5.45. The van der Waals surface area contributed by atoms with Gasteiger partial charge in [-0.25, -0.2) is 4.39 Å². The van der Waals surface area contributed by atoms with E-state index < -0.39 is 0 Å². The van der Waals surface area contributed by atoms with Gasteiger partial charge >= 0.3 is 0 Å². The third-order valence-corrected chi connectivity index (χ3v) is 8.57. The standard InChI is InChI=1S/C28H31FO3/c1-28-14-13-21-22(24(28)10-12-27(28)31)9-5-18-16-26(32-2)19(15-23(18)21)6-11-25(30)17-3-7-20(29)8-4-17/h3-4,6-8,11,15-16,21-22,24,27,31H,5,9-10,12-14H2,1-2H3/b11-6+/t21?,22?,24?,27-,28-/m0/s1. The van der Waals surface area contributed by atoms with E-state index in [0.717, 1.165) is 43.4 Å². The number of ether oxygens (including phenoxy) is 1. The van der Waals surface area contributed by atoms with Crippen LogP contribution >= 0.6 is 0 Å². The van der Waals surface area contributed by atoms with Crippen LogP contribution in [-0.2, 0) is 6.42 Å². The highest BCUT2D eigenvalue weighted by Crippen LogP contribution is 2.61. The number of hydrogen-bond donors (Lipinski definition) is 1. The molecular weight excluding hydrogens is 403 g/mol. The Labute approximate surface area is 189 Å². The van der Waals surface area contributed by atoms with Crippen LogP contribution in [0.3, 0.4) is 0 Å². The summed E-state index contributed by atoms with van der Waals surface area (Å²) < 4.78 is 18.8. The smallest absolute Gasteiger partial charge is 0.185 e. The number of aliphatic hydroxyl groups excluding tert-OH is 1. The van der Waals surface area contributed by atoms with E-state index in [1.807, 2.05) is 6.08 Å². The molecule has 1 N–H and O–H groups in total. The van der Waals surface area contributed by atoms with Crippen LogP contribution in [0.2, 0.25) is 0 Å². The second-order valence-corrected chi connectivity index (χ2v) is 10.1. The first-order valence-electron chi connectivity index (χ1n) is 11.8. The van der Waals surface area contributed by atoms with E-state index in [0.29, 0.717) is 23.3 Å².